The maximum Gasteiger partial charge on any atom is 0.344 e. The van der Waals surface area contributed by atoms with Crippen molar-refractivity contribution in [2.24, 2.45) is 46.3 Å². The Hall–Kier alpha value is -3.08. The standard InChI is InChI=1S/C42H54O5/c1-26(2)9-8-10-27(3)35-17-18-36-34-15-13-28-23-30(19-21-41(28,4)37(34)20-22-42(35,36)5)46-39(43)25-45-29-14-16-32-31-11-6-7-12-33(31)40(44)47-38(32)24-29/h6-7,11-14,16,24,26-27,30,34-37H,8-10,15,17-23,25H2,1-5H3/t27-,30+,34?,35-,36?,37?,41+,42-/m1/s1. The summed E-state index contributed by atoms with van der Waals surface area (Å²) in [7, 11) is 0. The molecule has 8 atom stereocenters. The highest BCUT2D eigenvalue weighted by molar-refractivity contribution is 6.04. The molecule has 4 aliphatic rings. The minimum Gasteiger partial charge on any atom is -0.482 e. The second-order valence-corrected chi connectivity index (χ2v) is 16.5. The van der Waals surface area contributed by atoms with E-state index in [-0.39, 0.29) is 29.7 Å². The van der Waals surface area contributed by atoms with Crippen molar-refractivity contribution in [3.8, 4) is 5.75 Å². The Bertz CT molecular complexity index is 1720. The average molecular weight is 639 g/mol. The monoisotopic (exact) mass is 638 g/mol. The van der Waals surface area contributed by atoms with Crippen LogP contribution >= 0.6 is 0 Å². The number of ether oxygens (including phenoxy) is 2. The number of esters is 1. The van der Waals surface area contributed by atoms with Gasteiger partial charge in [-0.05, 0) is 115 Å². The summed E-state index contributed by atoms with van der Waals surface area (Å²) in [6.07, 6.45) is 16.2. The first-order valence-electron chi connectivity index (χ1n) is 18.5. The molecule has 0 amide bonds. The molecule has 0 N–H and O–H groups in total. The van der Waals surface area contributed by atoms with Gasteiger partial charge in [0.05, 0.1) is 5.39 Å². The quantitative estimate of drug-likeness (QED) is 0.101. The predicted octanol–water partition coefficient (Wildman–Crippen LogP) is 10.3. The fraction of sp³-hybridized carbons (Fsp3) is 0.619. The van der Waals surface area contributed by atoms with Crippen LogP contribution in [0.25, 0.3) is 21.7 Å². The van der Waals surface area contributed by atoms with Gasteiger partial charge in [-0.2, -0.15) is 0 Å². The van der Waals surface area contributed by atoms with E-state index in [9.17, 15) is 9.59 Å². The van der Waals surface area contributed by atoms with Crippen LogP contribution in [-0.2, 0) is 9.53 Å². The Balaban J connectivity index is 0.961. The largest absolute Gasteiger partial charge is 0.482 e. The van der Waals surface area contributed by atoms with Crippen molar-refractivity contribution in [1.82, 2.24) is 0 Å². The number of benzene rings is 2. The van der Waals surface area contributed by atoms with Crippen molar-refractivity contribution in [1.29, 1.82) is 0 Å². The third-order valence-corrected chi connectivity index (χ3v) is 13.5. The molecular formula is C42H54O5. The van der Waals surface area contributed by atoms with Gasteiger partial charge >= 0.3 is 11.6 Å². The number of carbonyl (C=O) groups excluding carboxylic acids is 1. The molecule has 47 heavy (non-hydrogen) atoms. The van der Waals surface area contributed by atoms with Crippen molar-refractivity contribution in [3.63, 3.8) is 0 Å². The van der Waals surface area contributed by atoms with E-state index in [1.807, 2.05) is 30.3 Å². The van der Waals surface area contributed by atoms with E-state index >= 15 is 0 Å². The molecule has 4 aliphatic carbocycles. The van der Waals surface area contributed by atoms with Crippen LogP contribution < -0.4 is 10.4 Å². The number of rotatable bonds is 9. The summed E-state index contributed by atoms with van der Waals surface area (Å²) in [5, 5.41) is 2.23. The third kappa shape index (κ3) is 5.95. The van der Waals surface area contributed by atoms with E-state index in [4.69, 9.17) is 13.9 Å². The molecule has 0 saturated heterocycles. The highest BCUT2D eigenvalue weighted by Gasteiger charge is 2.59. The summed E-state index contributed by atoms with van der Waals surface area (Å²) in [5.41, 5.74) is 2.32. The fourth-order valence-corrected chi connectivity index (χ4v) is 11.1. The second-order valence-electron chi connectivity index (χ2n) is 16.5. The molecule has 0 bridgehead atoms. The molecule has 1 aromatic heterocycles. The number of allylic oxidation sites excluding steroid dienone is 1. The smallest absolute Gasteiger partial charge is 0.344 e. The minimum atomic E-state index is -0.380. The first-order valence-corrected chi connectivity index (χ1v) is 18.5. The highest BCUT2D eigenvalue weighted by Crippen LogP contribution is 2.67. The van der Waals surface area contributed by atoms with Crippen molar-refractivity contribution >= 4 is 27.7 Å². The van der Waals surface area contributed by atoms with E-state index in [1.165, 1.54) is 56.9 Å². The van der Waals surface area contributed by atoms with Gasteiger partial charge in [-0.15, -0.1) is 0 Å². The Morgan fingerprint density at radius 1 is 0.936 bits per heavy atom. The van der Waals surface area contributed by atoms with Crippen molar-refractivity contribution in [2.45, 2.75) is 111 Å². The van der Waals surface area contributed by atoms with Gasteiger partial charge in [-0.3, -0.25) is 0 Å². The molecule has 252 valence electrons. The molecular weight excluding hydrogens is 584 g/mol. The Morgan fingerprint density at radius 3 is 2.55 bits per heavy atom. The topological polar surface area (TPSA) is 65.7 Å². The molecule has 3 unspecified atom stereocenters. The van der Waals surface area contributed by atoms with E-state index < -0.39 is 0 Å². The Kier molecular flexibility index (Phi) is 8.81. The molecule has 2 aromatic carbocycles. The van der Waals surface area contributed by atoms with Crippen LogP contribution in [0.15, 0.2) is 63.3 Å². The van der Waals surface area contributed by atoms with E-state index in [1.54, 1.807) is 12.1 Å². The summed E-state index contributed by atoms with van der Waals surface area (Å²) in [4.78, 5) is 25.4. The van der Waals surface area contributed by atoms with E-state index in [0.717, 1.165) is 65.5 Å². The van der Waals surface area contributed by atoms with Crippen LogP contribution in [0.5, 0.6) is 5.75 Å². The highest BCUT2D eigenvalue weighted by atomic mass is 16.6. The van der Waals surface area contributed by atoms with Crippen LogP contribution in [0, 0.1) is 46.3 Å². The summed E-state index contributed by atoms with van der Waals surface area (Å²) < 4.78 is 17.4. The first kappa shape index (κ1) is 32.5. The lowest BCUT2D eigenvalue weighted by Gasteiger charge is -2.58. The number of hydrogen-bond acceptors (Lipinski definition) is 5. The summed E-state index contributed by atoms with van der Waals surface area (Å²) in [6, 6.07) is 12.8. The van der Waals surface area contributed by atoms with Crippen LogP contribution in [0.1, 0.15) is 105 Å². The molecule has 5 heteroatoms. The molecule has 1 heterocycles. The number of carbonyl (C=O) groups is 1. The molecule has 3 fully saturated rings. The van der Waals surface area contributed by atoms with Gasteiger partial charge in [0.25, 0.3) is 0 Å². The number of fused-ring (bicyclic) bond motifs is 8. The maximum atomic E-state index is 12.9. The predicted molar refractivity (Wildman–Crippen MR) is 188 cm³/mol. The molecule has 0 radical (unpaired) electrons. The van der Waals surface area contributed by atoms with Crippen LogP contribution in [-0.4, -0.2) is 18.7 Å². The molecule has 0 spiro atoms. The van der Waals surface area contributed by atoms with Crippen LogP contribution in [0.3, 0.4) is 0 Å². The summed E-state index contributed by atoms with van der Waals surface area (Å²) >= 11 is 0. The number of hydrogen-bond donors (Lipinski definition) is 0. The second kappa shape index (κ2) is 12.7. The van der Waals surface area contributed by atoms with Gasteiger partial charge in [0.15, 0.2) is 6.61 Å². The van der Waals surface area contributed by atoms with Gasteiger partial charge in [0, 0.05) is 17.9 Å². The van der Waals surface area contributed by atoms with Crippen molar-refractivity contribution in [2.75, 3.05) is 6.61 Å². The average Bonchev–Trinajstić information content (AvgIpc) is 3.41. The molecule has 5 nitrogen and oxygen atoms in total. The third-order valence-electron chi connectivity index (χ3n) is 13.5. The Morgan fingerprint density at radius 2 is 1.74 bits per heavy atom. The van der Waals surface area contributed by atoms with Crippen LogP contribution in [0.4, 0.5) is 0 Å². The van der Waals surface area contributed by atoms with E-state index in [2.05, 4.69) is 40.7 Å². The molecule has 7 rings (SSSR count). The van der Waals surface area contributed by atoms with Gasteiger partial charge < -0.3 is 13.9 Å². The van der Waals surface area contributed by atoms with Crippen molar-refractivity contribution in [3.05, 3.63) is 64.5 Å². The van der Waals surface area contributed by atoms with E-state index in [0.29, 0.717) is 22.1 Å². The molecule has 3 aromatic rings. The Labute approximate surface area is 280 Å². The summed E-state index contributed by atoms with van der Waals surface area (Å²) in [5.74, 6) is 5.06. The van der Waals surface area contributed by atoms with Gasteiger partial charge in [-0.1, -0.05) is 83.7 Å². The lowest BCUT2D eigenvalue weighted by atomic mass is 9.47. The normalized spacial score (nSPS) is 32.4. The van der Waals surface area contributed by atoms with Crippen molar-refractivity contribution < 1.29 is 18.7 Å². The zero-order valence-electron chi connectivity index (χ0n) is 29.2. The fourth-order valence-electron chi connectivity index (χ4n) is 11.1. The maximum absolute atomic E-state index is 12.9. The van der Waals surface area contributed by atoms with Crippen LogP contribution in [0.2, 0.25) is 0 Å². The van der Waals surface area contributed by atoms with Gasteiger partial charge in [0.1, 0.15) is 17.4 Å². The first-order chi connectivity index (χ1) is 22.6. The minimum absolute atomic E-state index is 0.0978. The zero-order chi connectivity index (χ0) is 32.9. The lowest BCUT2D eigenvalue weighted by Crippen LogP contribution is -2.51. The summed E-state index contributed by atoms with van der Waals surface area (Å²) in [6.45, 7) is 12.3. The zero-order valence-corrected chi connectivity index (χ0v) is 29.2. The van der Waals surface area contributed by atoms with Gasteiger partial charge in [0.2, 0.25) is 0 Å². The molecule has 3 saturated carbocycles. The molecule has 0 aliphatic heterocycles. The lowest BCUT2D eigenvalue weighted by molar-refractivity contribution is -0.153. The SMILES string of the molecule is CC(C)CCC[C@@H](C)[C@H]1CCC2C3CC=C4C[C@@H](OC(=O)COc5ccc6c(c5)oc(=O)c5ccccc56)CC[C@]4(C)C3CC[C@@]21C. The van der Waals surface area contributed by atoms with Gasteiger partial charge in [-0.25, -0.2) is 9.59 Å².